The van der Waals surface area contributed by atoms with Crippen molar-refractivity contribution in [3.8, 4) is 6.07 Å². The van der Waals surface area contributed by atoms with Gasteiger partial charge in [-0.25, -0.2) is 4.98 Å². The first-order valence-corrected chi connectivity index (χ1v) is 9.80. The number of imidazole rings is 1. The summed E-state index contributed by atoms with van der Waals surface area (Å²) in [6.07, 6.45) is 1.62. The fourth-order valence-electron chi connectivity index (χ4n) is 3.75. The molecule has 2 aromatic heterocycles. The number of aromatic nitrogens is 4. The zero-order valence-electron chi connectivity index (χ0n) is 16.6. The van der Waals surface area contributed by atoms with E-state index in [1.807, 2.05) is 22.8 Å². The number of hydrogen-bond acceptors (Lipinski definition) is 5. The molecular formula is C24H18N6O. The third-order valence-corrected chi connectivity index (χ3v) is 5.35. The van der Waals surface area contributed by atoms with Crippen molar-refractivity contribution in [2.75, 3.05) is 5.73 Å². The van der Waals surface area contributed by atoms with E-state index >= 15 is 0 Å². The SMILES string of the molecule is N#Cc1ccc(Cn2c(N)nc3ncn(Cc4ccc5ccccc5c4)c3c2=O)cc1. The molecule has 0 unspecified atom stereocenters. The molecule has 7 heteroatoms. The summed E-state index contributed by atoms with van der Waals surface area (Å²) < 4.78 is 3.24. The van der Waals surface area contributed by atoms with Crippen LogP contribution in [0.3, 0.4) is 0 Å². The molecule has 0 bridgehead atoms. The van der Waals surface area contributed by atoms with E-state index < -0.39 is 0 Å². The lowest BCUT2D eigenvalue weighted by atomic mass is 10.1. The molecule has 0 aliphatic rings. The Morgan fingerprint density at radius 3 is 2.45 bits per heavy atom. The molecule has 5 aromatic rings. The molecule has 0 saturated heterocycles. The number of nitrogen functional groups attached to an aromatic ring is 1. The second-order valence-electron chi connectivity index (χ2n) is 7.40. The van der Waals surface area contributed by atoms with Crippen LogP contribution in [0.4, 0.5) is 5.95 Å². The van der Waals surface area contributed by atoms with Gasteiger partial charge in [0.05, 0.1) is 24.5 Å². The molecule has 0 spiro atoms. The standard InChI is InChI=1S/C24H18N6O/c25-12-16-5-7-17(8-6-16)14-30-23(31)21-22(28-24(30)26)27-15-29(21)13-18-9-10-19-3-1-2-4-20(19)11-18/h1-11,15H,13-14H2,(H2,26,28). The first-order chi connectivity index (χ1) is 15.1. The van der Waals surface area contributed by atoms with Gasteiger partial charge in [0.15, 0.2) is 11.2 Å². The third-order valence-electron chi connectivity index (χ3n) is 5.35. The van der Waals surface area contributed by atoms with E-state index in [1.54, 1.807) is 30.6 Å². The van der Waals surface area contributed by atoms with Crippen molar-refractivity contribution in [3.63, 3.8) is 0 Å². The quantitative estimate of drug-likeness (QED) is 0.493. The van der Waals surface area contributed by atoms with Crippen LogP contribution in [0.15, 0.2) is 77.9 Å². The predicted molar refractivity (Wildman–Crippen MR) is 120 cm³/mol. The molecule has 7 nitrogen and oxygen atoms in total. The summed E-state index contributed by atoms with van der Waals surface area (Å²) in [6.45, 7) is 0.763. The maximum Gasteiger partial charge on any atom is 0.281 e. The van der Waals surface area contributed by atoms with Crippen LogP contribution in [0.25, 0.3) is 21.9 Å². The highest BCUT2D eigenvalue weighted by molar-refractivity contribution is 5.83. The van der Waals surface area contributed by atoms with Crippen molar-refractivity contribution >= 4 is 27.9 Å². The molecule has 0 saturated carbocycles. The normalized spacial score (nSPS) is 11.1. The molecule has 3 aromatic carbocycles. The van der Waals surface area contributed by atoms with Crippen LogP contribution in [0.2, 0.25) is 0 Å². The molecule has 2 heterocycles. The number of nitrogens with two attached hydrogens (primary N) is 1. The largest absolute Gasteiger partial charge is 0.369 e. The van der Waals surface area contributed by atoms with Gasteiger partial charge in [0, 0.05) is 6.54 Å². The minimum absolute atomic E-state index is 0.109. The molecule has 5 rings (SSSR count). The second kappa shape index (κ2) is 7.43. The Morgan fingerprint density at radius 2 is 1.68 bits per heavy atom. The lowest BCUT2D eigenvalue weighted by Crippen LogP contribution is -2.26. The van der Waals surface area contributed by atoms with Gasteiger partial charge in [0.2, 0.25) is 5.95 Å². The zero-order chi connectivity index (χ0) is 21.4. The summed E-state index contributed by atoms with van der Waals surface area (Å²) in [5, 5.41) is 11.3. The number of nitrogens with zero attached hydrogens (tertiary/aromatic N) is 5. The topological polar surface area (TPSA) is 103 Å². The average molecular weight is 406 g/mol. The third kappa shape index (κ3) is 3.40. The Balaban J connectivity index is 1.54. The van der Waals surface area contributed by atoms with Gasteiger partial charge in [-0.15, -0.1) is 0 Å². The first-order valence-electron chi connectivity index (χ1n) is 9.80. The number of fused-ring (bicyclic) bond motifs is 2. The molecule has 0 aliphatic carbocycles. The number of benzene rings is 3. The maximum absolute atomic E-state index is 13.3. The van der Waals surface area contributed by atoms with Crippen LogP contribution in [0.5, 0.6) is 0 Å². The lowest BCUT2D eigenvalue weighted by Gasteiger charge is -2.11. The summed E-state index contributed by atoms with van der Waals surface area (Å²) in [6, 6.07) is 23.5. The zero-order valence-corrected chi connectivity index (χ0v) is 16.6. The Hall–Kier alpha value is -4.44. The summed E-state index contributed by atoms with van der Waals surface area (Å²) in [7, 11) is 0. The molecule has 0 amide bonds. The van der Waals surface area contributed by atoms with E-state index in [0.29, 0.717) is 23.3 Å². The number of hydrogen-bond donors (Lipinski definition) is 1. The van der Waals surface area contributed by atoms with E-state index in [1.165, 1.54) is 9.95 Å². The maximum atomic E-state index is 13.3. The Labute approximate surface area is 177 Å². The number of nitriles is 1. The highest BCUT2D eigenvalue weighted by atomic mass is 16.1. The van der Waals surface area contributed by atoms with Crippen LogP contribution in [0.1, 0.15) is 16.7 Å². The van der Waals surface area contributed by atoms with Crippen molar-refractivity contribution in [2.24, 2.45) is 0 Å². The van der Waals surface area contributed by atoms with Crippen molar-refractivity contribution in [1.82, 2.24) is 19.1 Å². The minimum Gasteiger partial charge on any atom is -0.369 e. The van der Waals surface area contributed by atoms with Crippen LogP contribution in [-0.2, 0) is 13.1 Å². The Morgan fingerprint density at radius 1 is 0.935 bits per heavy atom. The van der Waals surface area contributed by atoms with Crippen LogP contribution < -0.4 is 11.3 Å². The van der Waals surface area contributed by atoms with Crippen LogP contribution >= 0.6 is 0 Å². The van der Waals surface area contributed by atoms with E-state index in [9.17, 15) is 4.79 Å². The Bertz CT molecular complexity index is 1520. The fourth-order valence-corrected chi connectivity index (χ4v) is 3.75. The molecule has 31 heavy (non-hydrogen) atoms. The van der Waals surface area contributed by atoms with Gasteiger partial charge >= 0.3 is 0 Å². The average Bonchev–Trinajstić information content (AvgIpc) is 3.19. The van der Waals surface area contributed by atoms with Gasteiger partial charge in [-0.05, 0) is 40.1 Å². The highest BCUT2D eigenvalue weighted by Crippen LogP contribution is 2.18. The van der Waals surface area contributed by atoms with Gasteiger partial charge in [-0.3, -0.25) is 9.36 Å². The molecule has 0 atom stereocenters. The van der Waals surface area contributed by atoms with Crippen molar-refractivity contribution < 1.29 is 0 Å². The molecule has 150 valence electrons. The Kier molecular flexibility index (Phi) is 4.45. The summed E-state index contributed by atoms with van der Waals surface area (Å²) in [5.41, 5.74) is 9.05. The van der Waals surface area contributed by atoms with Crippen molar-refractivity contribution in [1.29, 1.82) is 5.26 Å². The molecular weight excluding hydrogens is 388 g/mol. The van der Waals surface area contributed by atoms with Crippen molar-refractivity contribution in [2.45, 2.75) is 13.1 Å². The van der Waals surface area contributed by atoms with Crippen molar-refractivity contribution in [3.05, 3.63) is 100 Å². The van der Waals surface area contributed by atoms with E-state index in [-0.39, 0.29) is 18.1 Å². The predicted octanol–water partition coefficient (Wildman–Crippen LogP) is 3.30. The van der Waals surface area contributed by atoms with Gasteiger partial charge < -0.3 is 10.3 Å². The van der Waals surface area contributed by atoms with E-state index in [0.717, 1.165) is 16.5 Å². The lowest BCUT2D eigenvalue weighted by molar-refractivity contribution is 0.748. The van der Waals surface area contributed by atoms with Crippen LogP contribution in [-0.4, -0.2) is 19.1 Å². The van der Waals surface area contributed by atoms with Crippen LogP contribution in [0, 0.1) is 11.3 Å². The fraction of sp³-hybridized carbons (Fsp3) is 0.0833. The monoisotopic (exact) mass is 406 g/mol. The van der Waals surface area contributed by atoms with Gasteiger partial charge in [0.25, 0.3) is 5.56 Å². The van der Waals surface area contributed by atoms with Gasteiger partial charge in [0.1, 0.15) is 0 Å². The first kappa shape index (κ1) is 18.6. The number of anilines is 1. The minimum atomic E-state index is -0.245. The summed E-state index contributed by atoms with van der Waals surface area (Å²) >= 11 is 0. The molecule has 0 fully saturated rings. The van der Waals surface area contributed by atoms with E-state index in [2.05, 4.69) is 40.3 Å². The molecule has 0 radical (unpaired) electrons. The second-order valence-corrected chi connectivity index (χ2v) is 7.40. The molecule has 2 N–H and O–H groups in total. The van der Waals surface area contributed by atoms with Gasteiger partial charge in [-0.2, -0.15) is 10.2 Å². The van der Waals surface area contributed by atoms with E-state index in [4.69, 9.17) is 11.0 Å². The smallest absolute Gasteiger partial charge is 0.281 e. The summed E-state index contributed by atoms with van der Waals surface area (Å²) in [4.78, 5) is 21.9. The molecule has 0 aliphatic heterocycles. The van der Waals surface area contributed by atoms with Gasteiger partial charge in [-0.1, -0.05) is 48.5 Å². The number of rotatable bonds is 4. The summed E-state index contributed by atoms with van der Waals surface area (Å²) in [5.74, 6) is 0.109. The highest BCUT2D eigenvalue weighted by Gasteiger charge is 2.15.